The molecule has 1 fully saturated rings. The summed E-state index contributed by atoms with van der Waals surface area (Å²) in [4.78, 5) is 9.36. The van der Waals surface area contributed by atoms with Crippen molar-refractivity contribution < 1.29 is 0 Å². The number of benzene rings is 3. The van der Waals surface area contributed by atoms with Gasteiger partial charge < -0.3 is 9.80 Å². The molecule has 5 nitrogen and oxygen atoms in total. The van der Waals surface area contributed by atoms with Gasteiger partial charge in [-0.05, 0) is 66.3 Å². The van der Waals surface area contributed by atoms with Crippen molar-refractivity contribution in [2.75, 3.05) is 43.0 Å². The van der Waals surface area contributed by atoms with Gasteiger partial charge in [0.05, 0.1) is 17.4 Å². The minimum atomic E-state index is 0.130. The molecule has 6 heteroatoms. The third-order valence-electron chi connectivity index (χ3n) is 7.76. The molecule has 2 atom stereocenters. The molecule has 198 valence electrons. The summed E-state index contributed by atoms with van der Waals surface area (Å²) in [6, 6.07) is 28.3. The van der Waals surface area contributed by atoms with Gasteiger partial charge in [0.2, 0.25) is 5.13 Å². The number of anilines is 3. The highest BCUT2D eigenvalue weighted by Gasteiger charge is 2.42. The first-order chi connectivity index (χ1) is 19.0. The van der Waals surface area contributed by atoms with Gasteiger partial charge in [-0.2, -0.15) is 5.10 Å². The van der Waals surface area contributed by atoms with E-state index in [1.807, 2.05) is 6.07 Å². The molecule has 0 N–H and O–H groups in total. The maximum Gasteiger partial charge on any atom is 0.207 e. The summed E-state index contributed by atoms with van der Waals surface area (Å²) in [5, 5.41) is 10.6. The number of hydrogen-bond donors (Lipinski definition) is 0. The Hall–Kier alpha value is -3.90. The second-order valence-electron chi connectivity index (χ2n) is 10.8. The standard InChI is InChI=1S/C33H35N5S/c1-36(2)27-17-13-23(14-18-27)21-26-11-8-12-29-31(26)35-38(32(29)25-15-19-28(20-16-25)37(3)4)33-34-30(22-39-33)24-9-6-5-7-10-24/h5-7,9-10,13-22,29,32H,8,11-12H2,1-4H3. The molecule has 1 aromatic heterocycles. The molecule has 2 unspecified atom stereocenters. The molecular formula is C33H35N5S. The van der Waals surface area contributed by atoms with E-state index in [4.69, 9.17) is 10.1 Å². The Bertz CT molecular complexity index is 1480. The lowest BCUT2D eigenvalue weighted by molar-refractivity contribution is 0.487. The molecule has 3 aromatic carbocycles. The van der Waals surface area contributed by atoms with Crippen molar-refractivity contribution in [1.82, 2.24) is 4.98 Å². The fraction of sp³-hybridized carbons (Fsp3) is 0.273. The van der Waals surface area contributed by atoms with E-state index >= 15 is 0 Å². The molecule has 0 amide bonds. The Balaban J connectivity index is 1.39. The highest BCUT2D eigenvalue weighted by Crippen LogP contribution is 2.47. The minimum Gasteiger partial charge on any atom is -0.378 e. The molecule has 0 bridgehead atoms. The monoisotopic (exact) mass is 533 g/mol. The normalized spacial score (nSPS) is 19.6. The van der Waals surface area contributed by atoms with Gasteiger partial charge in [-0.25, -0.2) is 9.99 Å². The Labute approximate surface area is 235 Å². The summed E-state index contributed by atoms with van der Waals surface area (Å²) in [5.74, 6) is 0.334. The van der Waals surface area contributed by atoms with Crippen LogP contribution in [0.15, 0.2) is 94.9 Å². The fourth-order valence-electron chi connectivity index (χ4n) is 5.64. The Morgan fingerprint density at radius 2 is 1.51 bits per heavy atom. The van der Waals surface area contributed by atoms with Crippen LogP contribution in [0.4, 0.5) is 16.5 Å². The molecule has 2 aliphatic rings. The van der Waals surface area contributed by atoms with Crippen LogP contribution in [0, 0.1) is 5.92 Å². The van der Waals surface area contributed by atoms with Crippen LogP contribution in [0.1, 0.15) is 36.4 Å². The number of nitrogens with zero attached hydrogens (tertiary/aromatic N) is 5. The molecule has 1 aliphatic heterocycles. The quantitative estimate of drug-likeness (QED) is 0.254. The molecule has 2 heterocycles. The maximum atomic E-state index is 5.34. The largest absolute Gasteiger partial charge is 0.378 e. The van der Waals surface area contributed by atoms with Crippen LogP contribution < -0.4 is 14.8 Å². The van der Waals surface area contributed by atoms with Crippen molar-refractivity contribution in [3.63, 3.8) is 0 Å². The highest BCUT2D eigenvalue weighted by molar-refractivity contribution is 7.14. The van der Waals surface area contributed by atoms with Crippen molar-refractivity contribution >= 4 is 39.6 Å². The summed E-state index contributed by atoms with van der Waals surface area (Å²) < 4.78 is 0. The zero-order chi connectivity index (χ0) is 26.9. The lowest BCUT2D eigenvalue weighted by atomic mass is 9.77. The van der Waals surface area contributed by atoms with E-state index < -0.39 is 0 Å². The van der Waals surface area contributed by atoms with E-state index in [0.29, 0.717) is 5.92 Å². The Morgan fingerprint density at radius 3 is 2.18 bits per heavy atom. The third-order valence-corrected chi connectivity index (χ3v) is 8.59. The number of hydrazone groups is 1. The van der Waals surface area contributed by atoms with E-state index in [1.54, 1.807) is 11.3 Å². The SMILES string of the molecule is CN(C)c1ccc(C=C2CCCC3C2=NN(c2nc(-c4ccccc4)cs2)C3c2ccc(N(C)C)cc2)cc1. The van der Waals surface area contributed by atoms with Crippen molar-refractivity contribution in [3.05, 3.63) is 101 Å². The summed E-state index contributed by atoms with van der Waals surface area (Å²) in [7, 11) is 8.33. The molecule has 0 spiro atoms. The molecule has 1 saturated carbocycles. The van der Waals surface area contributed by atoms with Gasteiger partial charge in [-0.1, -0.05) is 54.6 Å². The number of hydrogen-bond acceptors (Lipinski definition) is 6. The molecule has 39 heavy (non-hydrogen) atoms. The average Bonchev–Trinajstić information content (AvgIpc) is 3.60. The van der Waals surface area contributed by atoms with Gasteiger partial charge in [0.25, 0.3) is 0 Å². The van der Waals surface area contributed by atoms with Crippen molar-refractivity contribution in [2.45, 2.75) is 25.3 Å². The highest BCUT2D eigenvalue weighted by atomic mass is 32.1. The number of fused-ring (bicyclic) bond motifs is 1. The molecule has 4 aromatic rings. The van der Waals surface area contributed by atoms with E-state index in [9.17, 15) is 0 Å². The van der Waals surface area contributed by atoms with Crippen LogP contribution in [0.3, 0.4) is 0 Å². The fourth-order valence-corrected chi connectivity index (χ4v) is 6.46. The third kappa shape index (κ3) is 5.09. The maximum absolute atomic E-state index is 5.34. The molecule has 1 aliphatic carbocycles. The van der Waals surface area contributed by atoms with Gasteiger partial charge in [0.15, 0.2) is 0 Å². The van der Waals surface area contributed by atoms with Gasteiger partial charge in [-0.15, -0.1) is 11.3 Å². The number of thiazole rings is 1. The Kier molecular flexibility index (Phi) is 6.96. The van der Waals surface area contributed by atoms with Crippen LogP contribution in [-0.4, -0.2) is 38.9 Å². The zero-order valence-corrected chi connectivity index (χ0v) is 23.9. The molecule has 0 radical (unpaired) electrons. The number of allylic oxidation sites excluding steroid dienone is 1. The van der Waals surface area contributed by atoms with Crippen LogP contribution in [0.2, 0.25) is 0 Å². The van der Waals surface area contributed by atoms with Gasteiger partial charge >= 0.3 is 0 Å². The smallest absolute Gasteiger partial charge is 0.207 e. The average molecular weight is 534 g/mol. The summed E-state index contributed by atoms with van der Waals surface area (Å²) in [6.45, 7) is 0. The predicted molar refractivity (Wildman–Crippen MR) is 167 cm³/mol. The van der Waals surface area contributed by atoms with E-state index in [-0.39, 0.29) is 6.04 Å². The summed E-state index contributed by atoms with van der Waals surface area (Å²) >= 11 is 1.68. The first kappa shape index (κ1) is 25.4. The summed E-state index contributed by atoms with van der Waals surface area (Å²) in [6.07, 6.45) is 5.69. The minimum absolute atomic E-state index is 0.130. The van der Waals surface area contributed by atoms with Gasteiger partial charge in [-0.3, -0.25) is 0 Å². The van der Waals surface area contributed by atoms with E-state index in [2.05, 4.69) is 127 Å². The first-order valence-corrected chi connectivity index (χ1v) is 14.5. The Morgan fingerprint density at radius 1 is 0.846 bits per heavy atom. The van der Waals surface area contributed by atoms with Crippen LogP contribution in [0.5, 0.6) is 0 Å². The number of aromatic nitrogens is 1. The van der Waals surface area contributed by atoms with Crippen LogP contribution in [-0.2, 0) is 0 Å². The van der Waals surface area contributed by atoms with Crippen molar-refractivity contribution in [1.29, 1.82) is 0 Å². The molecule has 0 saturated heterocycles. The topological polar surface area (TPSA) is 35.0 Å². The van der Waals surface area contributed by atoms with Crippen molar-refractivity contribution in [3.8, 4) is 11.3 Å². The number of rotatable bonds is 6. The second-order valence-corrected chi connectivity index (χ2v) is 11.6. The first-order valence-electron chi connectivity index (χ1n) is 13.6. The van der Waals surface area contributed by atoms with E-state index in [0.717, 1.165) is 29.2 Å². The van der Waals surface area contributed by atoms with Crippen molar-refractivity contribution in [2.24, 2.45) is 11.0 Å². The zero-order valence-electron chi connectivity index (χ0n) is 23.1. The van der Waals surface area contributed by atoms with Gasteiger partial charge in [0, 0.05) is 56.4 Å². The summed E-state index contributed by atoms with van der Waals surface area (Å²) in [5.41, 5.74) is 9.64. The van der Waals surface area contributed by atoms with Gasteiger partial charge in [0.1, 0.15) is 0 Å². The molecular weight excluding hydrogens is 498 g/mol. The molecule has 6 rings (SSSR count). The lowest BCUT2D eigenvalue weighted by Gasteiger charge is -2.29. The second kappa shape index (κ2) is 10.7. The van der Waals surface area contributed by atoms with Crippen LogP contribution >= 0.6 is 11.3 Å². The van der Waals surface area contributed by atoms with E-state index in [1.165, 1.54) is 40.2 Å². The predicted octanol–water partition coefficient (Wildman–Crippen LogP) is 7.74. The van der Waals surface area contributed by atoms with Crippen LogP contribution in [0.25, 0.3) is 17.3 Å². The lowest BCUT2D eigenvalue weighted by Crippen LogP contribution is -2.28.